The van der Waals surface area contributed by atoms with Crippen molar-refractivity contribution in [3.63, 3.8) is 0 Å². The van der Waals surface area contributed by atoms with Crippen molar-refractivity contribution >= 4 is 23.5 Å². The Morgan fingerprint density at radius 1 is 1.16 bits per heavy atom. The minimum Gasteiger partial charge on any atom is -0.481 e. The third kappa shape index (κ3) is 4.56. The number of anilines is 1. The van der Waals surface area contributed by atoms with Gasteiger partial charge in [0.1, 0.15) is 0 Å². The highest BCUT2D eigenvalue weighted by atomic mass is 16.4. The highest BCUT2D eigenvalue weighted by Crippen LogP contribution is 2.31. The van der Waals surface area contributed by atoms with Gasteiger partial charge in [-0.2, -0.15) is 0 Å². The molecule has 132 valence electrons. The first-order valence-corrected chi connectivity index (χ1v) is 8.04. The van der Waals surface area contributed by atoms with E-state index in [0.29, 0.717) is 6.42 Å². The number of nitrogens with zero attached hydrogens (tertiary/aromatic N) is 1. The maximum absolute atomic E-state index is 11.3. The summed E-state index contributed by atoms with van der Waals surface area (Å²) in [6.07, 6.45) is 6.13. The molecule has 6 nitrogen and oxygen atoms in total. The number of benzene rings is 1. The molecule has 1 unspecified atom stereocenters. The number of rotatable bonds is 3. The Kier molecular flexibility index (Phi) is 5.75. The quantitative estimate of drug-likeness (QED) is 0.880. The van der Waals surface area contributed by atoms with Gasteiger partial charge in [0.05, 0.1) is 5.41 Å². The predicted molar refractivity (Wildman–Crippen MR) is 93.2 cm³/mol. The molecule has 1 aromatic rings. The fourth-order valence-electron chi connectivity index (χ4n) is 2.71. The van der Waals surface area contributed by atoms with E-state index in [2.05, 4.69) is 0 Å². The van der Waals surface area contributed by atoms with Crippen LogP contribution < -0.4 is 4.90 Å². The lowest BCUT2D eigenvalue weighted by atomic mass is 9.80. The zero-order chi connectivity index (χ0) is 18.4. The standard InChI is InChI=1S/C10H11NO.C9H10O4/c12-10-7-4-8-11(10)9-5-2-1-3-6-9;1-9(8(12)13)4-2-3-6(5-9)7(10)11/h1-3,5-6H,4,7-8H2;2-4H,5H2,1H3,(H,10,11)(H,12,13). The molecule has 3 rings (SSSR count). The summed E-state index contributed by atoms with van der Waals surface area (Å²) in [5.41, 5.74) is 0.0788. The summed E-state index contributed by atoms with van der Waals surface area (Å²) in [6, 6.07) is 9.83. The van der Waals surface area contributed by atoms with Crippen LogP contribution in [0.25, 0.3) is 0 Å². The van der Waals surface area contributed by atoms with Crippen molar-refractivity contribution in [3.8, 4) is 0 Å². The molecule has 0 aromatic heterocycles. The maximum atomic E-state index is 11.3. The van der Waals surface area contributed by atoms with Gasteiger partial charge in [-0.15, -0.1) is 0 Å². The van der Waals surface area contributed by atoms with Crippen molar-refractivity contribution in [1.29, 1.82) is 0 Å². The number of para-hydroxylation sites is 1. The number of allylic oxidation sites excluding steroid dienone is 2. The molecule has 1 atom stereocenters. The normalized spacial score (nSPS) is 22.0. The second-order valence-electron chi connectivity index (χ2n) is 6.24. The van der Waals surface area contributed by atoms with Crippen LogP contribution in [0.1, 0.15) is 26.2 Å². The second kappa shape index (κ2) is 7.79. The minimum absolute atomic E-state index is 0.0359. The lowest BCUT2D eigenvalue weighted by Gasteiger charge is -2.23. The van der Waals surface area contributed by atoms with Crippen LogP contribution in [0.15, 0.2) is 54.1 Å². The van der Waals surface area contributed by atoms with Gasteiger partial charge in [0.15, 0.2) is 0 Å². The summed E-state index contributed by atoms with van der Waals surface area (Å²) >= 11 is 0. The summed E-state index contributed by atoms with van der Waals surface area (Å²) in [5.74, 6) is -1.81. The van der Waals surface area contributed by atoms with Crippen LogP contribution in [0, 0.1) is 5.41 Å². The summed E-state index contributed by atoms with van der Waals surface area (Å²) < 4.78 is 0. The lowest BCUT2D eigenvalue weighted by molar-refractivity contribution is -0.145. The van der Waals surface area contributed by atoms with Crippen LogP contribution in [0.2, 0.25) is 0 Å². The number of amides is 1. The van der Waals surface area contributed by atoms with Crippen molar-refractivity contribution in [2.75, 3.05) is 11.4 Å². The Bertz CT molecular complexity index is 723. The molecule has 6 heteroatoms. The van der Waals surface area contributed by atoms with Crippen molar-refractivity contribution in [1.82, 2.24) is 0 Å². The molecule has 0 radical (unpaired) electrons. The number of hydrogen-bond acceptors (Lipinski definition) is 3. The van der Waals surface area contributed by atoms with E-state index < -0.39 is 17.4 Å². The fourth-order valence-corrected chi connectivity index (χ4v) is 2.71. The smallest absolute Gasteiger partial charge is 0.331 e. The van der Waals surface area contributed by atoms with Gasteiger partial charge < -0.3 is 15.1 Å². The molecule has 0 saturated carbocycles. The predicted octanol–water partition coefficient (Wildman–Crippen LogP) is 2.86. The average molecular weight is 343 g/mol. The first kappa shape index (κ1) is 18.4. The number of hydrogen-bond donors (Lipinski definition) is 2. The van der Waals surface area contributed by atoms with E-state index in [4.69, 9.17) is 10.2 Å². The van der Waals surface area contributed by atoms with Crippen LogP contribution in [0.4, 0.5) is 5.69 Å². The van der Waals surface area contributed by atoms with E-state index in [1.807, 2.05) is 35.2 Å². The molecule has 1 heterocycles. The number of carboxylic acids is 2. The minimum atomic E-state index is -1.08. The topological polar surface area (TPSA) is 94.9 Å². The first-order chi connectivity index (χ1) is 11.8. The average Bonchev–Trinajstić information content (AvgIpc) is 3.02. The van der Waals surface area contributed by atoms with Crippen LogP contribution in [-0.4, -0.2) is 34.6 Å². The molecule has 1 amide bonds. The fraction of sp³-hybridized carbons (Fsp3) is 0.316. The third-order valence-electron chi connectivity index (χ3n) is 4.22. The van der Waals surface area contributed by atoms with E-state index in [-0.39, 0.29) is 17.9 Å². The maximum Gasteiger partial charge on any atom is 0.331 e. The van der Waals surface area contributed by atoms with Crippen molar-refractivity contribution in [3.05, 3.63) is 54.1 Å². The molecule has 0 spiro atoms. The lowest BCUT2D eigenvalue weighted by Crippen LogP contribution is -2.28. The highest BCUT2D eigenvalue weighted by molar-refractivity contribution is 5.95. The van der Waals surface area contributed by atoms with Crippen molar-refractivity contribution in [2.45, 2.75) is 26.2 Å². The van der Waals surface area contributed by atoms with Crippen molar-refractivity contribution < 1.29 is 24.6 Å². The SMILES string of the molecule is CC1(C(=O)O)C=CC=C(C(=O)O)C1.O=C1CCCN1c1ccccc1. The number of aliphatic carboxylic acids is 2. The molecule has 2 aliphatic rings. The van der Waals surface area contributed by atoms with Gasteiger partial charge in [0.25, 0.3) is 0 Å². The summed E-state index contributed by atoms with van der Waals surface area (Å²) in [7, 11) is 0. The monoisotopic (exact) mass is 343 g/mol. The molecule has 25 heavy (non-hydrogen) atoms. The molecule has 1 aliphatic heterocycles. The Balaban J connectivity index is 0.000000181. The van der Waals surface area contributed by atoms with E-state index >= 15 is 0 Å². The molecule has 2 N–H and O–H groups in total. The van der Waals surface area contributed by atoms with Gasteiger partial charge in [-0.05, 0) is 31.9 Å². The van der Waals surface area contributed by atoms with E-state index in [1.54, 1.807) is 0 Å². The van der Waals surface area contributed by atoms with E-state index in [9.17, 15) is 14.4 Å². The molecular formula is C19H21NO5. The molecule has 1 fully saturated rings. The van der Waals surface area contributed by atoms with Gasteiger partial charge >= 0.3 is 11.9 Å². The zero-order valence-corrected chi connectivity index (χ0v) is 14.0. The van der Waals surface area contributed by atoms with Crippen LogP contribution in [-0.2, 0) is 14.4 Å². The third-order valence-corrected chi connectivity index (χ3v) is 4.22. The number of carbonyl (C=O) groups is 3. The zero-order valence-electron chi connectivity index (χ0n) is 14.0. The Morgan fingerprint density at radius 3 is 2.36 bits per heavy atom. The molecule has 1 aromatic carbocycles. The van der Waals surface area contributed by atoms with Crippen LogP contribution in [0.5, 0.6) is 0 Å². The highest BCUT2D eigenvalue weighted by Gasteiger charge is 2.34. The van der Waals surface area contributed by atoms with Gasteiger partial charge in [-0.25, -0.2) is 4.79 Å². The Hall–Kier alpha value is -2.89. The van der Waals surface area contributed by atoms with E-state index in [1.165, 1.54) is 25.2 Å². The molecule has 1 saturated heterocycles. The molecule has 1 aliphatic carbocycles. The number of carboxylic acid groups (broad SMARTS) is 2. The second-order valence-corrected chi connectivity index (χ2v) is 6.24. The van der Waals surface area contributed by atoms with Crippen molar-refractivity contribution in [2.24, 2.45) is 5.41 Å². The first-order valence-electron chi connectivity index (χ1n) is 8.04. The van der Waals surface area contributed by atoms with Gasteiger partial charge in [-0.3, -0.25) is 9.59 Å². The largest absolute Gasteiger partial charge is 0.481 e. The molecule has 0 bridgehead atoms. The van der Waals surface area contributed by atoms with Gasteiger partial charge in [-0.1, -0.05) is 36.4 Å². The summed E-state index contributed by atoms with van der Waals surface area (Å²) in [4.78, 5) is 34.5. The van der Waals surface area contributed by atoms with Crippen LogP contribution in [0.3, 0.4) is 0 Å². The number of carbonyl (C=O) groups excluding carboxylic acids is 1. The summed E-state index contributed by atoms with van der Waals surface area (Å²) in [6.45, 7) is 2.38. The van der Waals surface area contributed by atoms with Gasteiger partial charge in [0, 0.05) is 24.2 Å². The molecular weight excluding hydrogens is 322 g/mol. The van der Waals surface area contributed by atoms with Crippen LogP contribution >= 0.6 is 0 Å². The Labute approximate surface area is 146 Å². The Morgan fingerprint density at radius 2 is 1.84 bits per heavy atom. The van der Waals surface area contributed by atoms with Gasteiger partial charge in [0.2, 0.25) is 5.91 Å². The summed E-state index contributed by atoms with van der Waals surface area (Å²) in [5, 5.41) is 17.5. The van der Waals surface area contributed by atoms with E-state index in [0.717, 1.165) is 18.7 Å².